The summed E-state index contributed by atoms with van der Waals surface area (Å²) in [4.78, 5) is 13.1. The monoisotopic (exact) mass is 409 g/mol. The first-order chi connectivity index (χ1) is 15.2. The van der Waals surface area contributed by atoms with Crippen LogP contribution in [-0.2, 0) is 4.79 Å². The fourth-order valence-corrected chi connectivity index (χ4v) is 5.75. The minimum absolute atomic E-state index is 0.0699. The van der Waals surface area contributed by atoms with Crippen molar-refractivity contribution in [2.45, 2.75) is 57.0 Å². The third-order valence-corrected chi connectivity index (χ3v) is 7.24. The Morgan fingerprint density at radius 3 is 2.39 bits per heavy atom. The van der Waals surface area contributed by atoms with Gasteiger partial charge in [0.15, 0.2) is 5.78 Å². The van der Waals surface area contributed by atoms with Gasteiger partial charge in [-0.3, -0.25) is 4.79 Å². The molecule has 0 saturated heterocycles. The van der Waals surface area contributed by atoms with Gasteiger partial charge in [-0.05, 0) is 72.9 Å². The summed E-state index contributed by atoms with van der Waals surface area (Å²) in [6.07, 6.45) is 7.62. The number of hydrogen-bond donors (Lipinski definition) is 1. The fourth-order valence-electron chi connectivity index (χ4n) is 5.75. The van der Waals surface area contributed by atoms with Crippen LogP contribution in [0.1, 0.15) is 67.6 Å². The highest BCUT2D eigenvalue weighted by Gasteiger charge is 2.41. The Kier molecular flexibility index (Phi) is 4.38. The molecule has 1 unspecified atom stereocenters. The highest BCUT2D eigenvalue weighted by atomic mass is 16.5. The average Bonchev–Trinajstić information content (AvgIpc) is 3.40. The molecule has 6 rings (SSSR count). The molecule has 156 valence electrons. The molecule has 3 nitrogen and oxygen atoms in total. The summed E-state index contributed by atoms with van der Waals surface area (Å²) in [6.45, 7) is 4.45. The van der Waals surface area contributed by atoms with Crippen molar-refractivity contribution in [3.63, 3.8) is 0 Å². The van der Waals surface area contributed by atoms with Crippen LogP contribution in [0, 0.1) is 0 Å². The SMILES string of the molecule is C=C1C2=C(NC3=C(C(=O)CCC3)C2c2ccc(OC3CCCC3)cc2)c2ccccc21. The zero-order chi connectivity index (χ0) is 20.9. The normalized spacial score (nSPS) is 22.9. The smallest absolute Gasteiger partial charge is 0.161 e. The lowest BCUT2D eigenvalue weighted by Crippen LogP contribution is -2.30. The van der Waals surface area contributed by atoms with Crippen LogP contribution in [0.15, 0.2) is 72.0 Å². The number of rotatable bonds is 3. The minimum Gasteiger partial charge on any atom is -0.490 e. The Balaban J connectivity index is 1.43. The second-order valence-electron chi connectivity index (χ2n) is 9.13. The maximum atomic E-state index is 13.1. The quantitative estimate of drug-likeness (QED) is 0.662. The highest BCUT2D eigenvalue weighted by molar-refractivity contribution is 6.07. The summed E-state index contributed by atoms with van der Waals surface area (Å²) in [5.74, 6) is 1.12. The minimum atomic E-state index is -0.0699. The molecule has 0 spiro atoms. The van der Waals surface area contributed by atoms with E-state index in [-0.39, 0.29) is 11.7 Å². The summed E-state index contributed by atoms with van der Waals surface area (Å²) in [5, 5.41) is 3.65. The molecule has 3 heteroatoms. The Morgan fingerprint density at radius 2 is 1.61 bits per heavy atom. The first kappa shape index (κ1) is 18.7. The van der Waals surface area contributed by atoms with Crippen LogP contribution in [0.3, 0.4) is 0 Å². The molecule has 2 aromatic carbocycles. The van der Waals surface area contributed by atoms with Gasteiger partial charge in [-0.1, -0.05) is 43.0 Å². The van der Waals surface area contributed by atoms with Crippen molar-refractivity contribution in [1.29, 1.82) is 0 Å². The van der Waals surface area contributed by atoms with Crippen molar-refractivity contribution < 1.29 is 9.53 Å². The van der Waals surface area contributed by atoms with Crippen molar-refractivity contribution in [2.75, 3.05) is 0 Å². The number of carbonyl (C=O) groups excluding carboxylic acids is 1. The zero-order valence-electron chi connectivity index (χ0n) is 17.7. The number of ketones is 1. The van der Waals surface area contributed by atoms with Crippen LogP contribution in [0.4, 0.5) is 0 Å². The van der Waals surface area contributed by atoms with Crippen LogP contribution in [0.5, 0.6) is 5.75 Å². The molecule has 1 saturated carbocycles. The molecular weight excluding hydrogens is 382 g/mol. The van der Waals surface area contributed by atoms with E-state index in [1.165, 1.54) is 24.0 Å². The summed E-state index contributed by atoms with van der Waals surface area (Å²) >= 11 is 0. The number of allylic oxidation sites excluding steroid dienone is 4. The first-order valence-corrected chi connectivity index (χ1v) is 11.5. The second-order valence-corrected chi connectivity index (χ2v) is 9.13. The van der Waals surface area contributed by atoms with Crippen LogP contribution in [-0.4, -0.2) is 11.9 Å². The zero-order valence-corrected chi connectivity index (χ0v) is 17.7. The van der Waals surface area contributed by atoms with Gasteiger partial charge in [-0.2, -0.15) is 0 Å². The first-order valence-electron chi connectivity index (χ1n) is 11.5. The molecule has 1 atom stereocenters. The maximum Gasteiger partial charge on any atom is 0.161 e. The largest absolute Gasteiger partial charge is 0.490 e. The van der Waals surface area contributed by atoms with E-state index in [4.69, 9.17) is 4.74 Å². The van der Waals surface area contributed by atoms with Gasteiger partial charge in [-0.15, -0.1) is 0 Å². The molecule has 1 heterocycles. The van der Waals surface area contributed by atoms with E-state index in [0.29, 0.717) is 12.5 Å². The number of Topliss-reactive ketones (excluding diaryl/α,β-unsaturated/α-hetero) is 1. The lowest BCUT2D eigenvalue weighted by Gasteiger charge is -2.34. The number of nitrogens with one attached hydrogen (secondary N) is 1. The van der Waals surface area contributed by atoms with Crippen LogP contribution in [0.25, 0.3) is 11.3 Å². The molecule has 1 fully saturated rings. The van der Waals surface area contributed by atoms with Gasteiger partial charge in [0.1, 0.15) is 5.75 Å². The number of fused-ring (bicyclic) bond motifs is 2. The van der Waals surface area contributed by atoms with E-state index in [2.05, 4.69) is 60.4 Å². The molecule has 1 aliphatic heterocycles. The van der Waals surface area contributed by atoms with Gasteiger partial charge in [-0.25, -0.2) is 0 Å². The Labute approximate surface area is 183 Å². The standard InChI is InChI=1S/C28H27NO2/c1-17-21-9-4-5-10-22(21)28-25(17)26(27-23(29-28)11-6-12-24(27)30)18-13-15-20(16-14-18)31-19-7-2-3-8-19/h4-5,9-10,13-16,19,26,29H,1-3,6-8,11-12H2. The molecule has 4 aliphatic rings. The van der Waals surface area contributed by atoms with Gasteiger partial charge in [0.05, 0.1) is 11.8 Å². The van der Waals surface area contributed by atoms with Gasteiger partial charge >= 0.3 is 0 Å². The lowest BCUT2D eigenvalue weighted by molar-refractivity contribution is -0.116. The summed E-state index contributed by atoms with van der Waals surface area (Å²) in [6, 6.07) is 16.9. The van der Waals surface area contributed by atoms with E-state index < -0.39 is 0 Å². The fraction of sp³-hybridized carbons (Fsp3) is 0.321. The van der Waals surface area contributed by atoms with E-state index in [9.17, 15) is 4.79 Å². The number of dihydropyridines is 1. The van der Waals surface area contributed by atoms with Gasteiger partial charge in [0, 0.05) is 29.2 Å². The molecule has 0 radical (unpaired) electrons. The highest BCUT2D eigenvalue weighted by Crippen LogP contribution is 2.53. The Hall–Kier alpha value is -3.07. The number of hydrogen-bond acceptors (Lipinski definition) is 3. The predicted molar refractivity (Wildman–Crippen MR) is 123 cm³/mol. The van der Waals surface area contributed by atoms with Crippen molar-refractivity contribution in [1.82, 2.24) is 5.32 Å². The van der Waals surface area contributed by atoms with Crippen molar-refractivity contribution in [3.05, 3.63) is 88.6 Å². The lowest BCUT2D eigenvalue weighted by atomic mass is 9.74. The van der Waals surface area contributed by atoms with Crippen molar-refractivity contribution in [2.24, 2.45) is 0 Å². The third-order valence-electron chi connectivity index (χ3n) is 7.24. The predicted octanol–water partition coefficient (Wildman–Crippen LogP) is 6.14. The molecule has 2 aromatic rings. The van der Waals surface area contributed by atoms with Gasteiger partial charge < -0.3 is 10.1 Å². The van der Waals surface area contributed by atoms with Gasteiger partial charge in [0.25, 0.3) is 0 Å². The van der Waals surface area contributed by atoms with Crippen LogP contribution < -0.4 is 10.1 Å². The molecule has 31 heavy (non-hydrogen) atoms. The summed E-state index contributed by atoms with van der Waals surface area (Å²) < 4.78 is 6.18. The van der Waals surface area contributed by atoms with Crippen LogP contribution in [0.2, 0.25) is 0 Å². The molecule has 3 aliphatic carbocycles. The molecule has 0 amide bonds. The van der Waals surface area contributed by atoms with Crippen molar-refractivity contribution in [3.8, 4) is 5.75 Å². The number of carbonyl (C=O) groups is 1. The van der Waals surface area contributed by atoms with Crippen LogP contribution >= 0.6 is 0 Å². The van der Waals surface area contributed by atoms with Gasteiger partial charge in [0.2, 0.25) is 0 Å². The molecule has 0 bridgehead atoms. The molecule has 1 N–H and O–H groups in total. The second kappa shape index (κ2) is 7.26. The van der Waals surface area contributed by atoms with Crippen molar-refractivity contribution >= 4 is 17.1 Å². The number of ether oxygens (including phenoxy) is 1. The topological polar surface area (TPSA) is 38.3 Å². The summed E-state index contributed by atoms with van der Waals surface area (Å²) in [5.41, 5.74) is 8.84. The number of benzene rings is 2. The third kappa shape index (κ3) is 2.98. The maximum absolute atomic E-state index is 13.1. The summed E-state index contributed by atoms with van der Waals surface area (Å²) in [7, 11) is 0. The van der Waals surface area contributed by atoms with E-state index in [0.717, 1.165) is 65.1 Å². The van der Waals surface area contributed by atoms with E-state index >= 15 is 0 Å². The Bertz CT molecular complexity index is 1150. The average molecular weight is 410 g/mol. The Morgan fingerprint density at radius 1 is 0.871 bits per heavy atom. The molecule has 0 aromatic heterocycles. The van der Waals surface area contributed by atoms with E-state index in [1.807, 2.05) is 0 Å². The van der Waals surface area contributed by atoms with E-state index in [1.54, 1.807) is 0 Å². The molecular formula is C28H27NO2.